The largest absolute Gasteiger partial charge is 0.478 e. The molecule has 0 bridgehead atoms. The molecule has 144 valence electrons. The number of anilines is 3. The van der Waals surface area contributed by atoms with E-state index in [0.717, 1.165) is 0 Å². The van der Waals surface area contributed by atoms with Gasteiger partial charge in [-0.25, -0.2) is 9.37 Å². The normalized spacial score (nSPS) is 17.3. The van der Waals surface area contributed by atoms with Gasteiger partial charge in [-0.3, -0.25) is 4.68 Å². The standard InChI is InChI=1S/C17H23FN8O/c1-10(2)26-9-19-13-14(20-12-8-24(3)23-16(12)27-4)21-17(22-15(13)26)25-6-5-11(18)7-25/h8-11H,5-7H2,1-4H3,(H,20,21,22). The predicted molar refractivity (Wildman–Crippen MR) is 100 cm³/mol. The van der Waals surface area contributed by atoms with Crippen LogP contribution in [0.3, 0.4) is 0 Å². The van der Waals surface area contributed by atoms with Crippen LogP contribution in [-0.2, 0) is 7.05 Å². The average molecular weight is 374 g/mol. The summed E-state index contributed by atoms with van der Waals surface area (Å²) in [6, 6.07) is 0.186. The summed E-state index contributed by atoms with van der Waals surface area (Å²) in [6.45, 7) is 5.02. The number of imidazole rings is 1. The number of nitrogens with zero attached hydrogens (tertiary/aromatic N) is 7. The van der Waals surface area contributed by atoms with Crippen LogP contribution in [0.15, 0.2) is 12.5 Å². The Morgan fingerprint density at radius 2 is 2.15 bits per heavy atom. The molecule has 1 unspecified atom stereocenters. The molecule has 27 heavy (non-hydrogen) atoms. The Balaban J connectivity index is 1.82. The molecule has 1 saturated heterocycles. The van der Waals surface area contributed by atoms with E-state index in [1.165, 1.54) is 0 Å². The van der Waals surface area contributed by atoms with E-state index in [4.69, 9.17) is 4.74 Å². The van der Waals surface area contributed by atoms with E-state index in [9.17, 15) is 4.39 Å². The van der Waals surface area contributed by atoms with E-state index in [-0.39, 0.29) is 6.04 Å². The molecule has 1 aliphatic heterocycles. The zero-order valence-electron chi connectivity index (χ0n) is 15.8. The molecule has 3 aromatic heterocycles. The van der Waals surface area contributed by atoms with Gasteiger partial charge in [0.1, 0.15) is 11.9 Å². The van der Waals surface area contributed by atoms with Gasteiger partial charge in [0.2, 0.25) is 5.95 Å². The first-order valence-corrected chi connectivity index (χ1v) is 8.94. The number of hydrogen-bond donors (Lipinski definition) is 1. The Hall–Kier alpha value is -2.91. The molecule has 1 atom stereocenters. The van der Waals surface area contributed by atoms with Crippen LogP contribution in [0.5, 0.6) is 5.88 Å². The number of methoxy groups -OCH3 is 1. The molecule has 0 spiro atoms. The highest BCUT2D eigenvalue weighted by Gasteiger charge is 2.26. The van der Waals surface area contributed by atoms with Crippen LogP contribution in [0.2, 0.25) is 0 Å². The number of alkyl halides is 1. The second-order valence-electron chi connectivity index (χ2n) is 6.97. The van der Waals surface area contributed by atoms with Crippen molar-refractivity contribution in [1.29, 1.82) is 0 Å². The number of halogens is 1. The van der Waals surface area contributed by atoms with Gasteiger partial charge in [-0.2, -0.15) is 9.97 Å². The van der Waals surface area contributed by atoms with Gasteiger partial charge in [-0.15, -0.1) is 5.10 Å². The Morgan fingerprint density at radius 3 is 2.81 bits per heavy atom. The molecule has 1 aliphatic rings. The quantitative estimate of drug-likeness (QED) is 0.734. The number of fused-ring (bicyclic) bond motifs is 1. The van der Waals surface area contributed by atoms with Crippen LogP contribution >= 0.6 is 0 Å². The van der Waals surface area contributed by atoms with Crippen molar-refractivity contribution in [3.63, 3.8) is 0 Å². The number of rotatable bonds is 5. The molecular formula is C17H23FN8O. The molecule has 3 aromatic rings. The fourth-order valence-electron chi connectivity index (χ4n) is 3.24. The molecule has 4 heterocycles. The molecule has 0 aliphatic carbocycles. The lowest BCUT2D eigenvalue weighted by Gasteiger charge is -2.17. The monoisotopic (exact) mass is 374 g/mol. The van der Waals surface area contributed by atoms with Crippen LogP contribution in [0.25, 0.3) is 11.2 Å². The summed E-state index contributed by atoms with van der Waals surface area (Å²) in [6.07, 6.45) is 3.19. The second kappa shape index (κ2) is 6.67. The number of hydrogen-bond acceptors (Lipinski definition) is 7. The van der Waals surface area contributed by atoms with Crippen LogP contribution in [0, 0.1) is 0 Å². The van der Waals surface area contributed by atoms with Gasteiger partial charge >= 0.3 is 0 Å². The van der Waals surface area contributed by atoms with Crippen LogP contribution in [0.4, 0.5) is 21.8 Å². The number of ether oxygens (including phenoxy) is 1. The molecule has 9 nitrogen and oxygen atoms in total. The summed E-state index contributed by atoms with van der Waals surface area (Å²) in [5.41, 5.74) is 2.03. The molecule has 1 N–H and O–H groups in total. The van der Waals surface area contributed by atoms with E-state index in [1.54, 1.807) is 24.3 Å². The Bertz CT molecular complexity index is 965. The van der Waals surface area contributed by atoms with E-state index in [0.29, 0.717) is 54.0 Å². The van der Waals surface area contributed by atoms with Crippen molar-refractivity contribution in [3.8, 4) is 5.88 Å². The topological polar surface area (TPSA) is 85.9 Å². The van der Waals surface area contributed by atoms with Crippen LogP contribution in [0.1, 0.15) is 26.3 Å². The Labute approximate surface area is 156 Å². The Kier molecular flexibility index (Phi) is 4.33. The summed E-state index contributed by atoms with van der Waals surface area (Å²) in [4.78, 5) is 15.7. The molecule has 0 radical (unpaired) electrons. The fourth-order valence-corrected chi connectivity index (χ4v) is 3.24. The van der Waals surface area contributed by atoms with Gasteiger partial charge in [-0.05, 0) is 20.3 Å². The van der Waals surface area contributed by atoms with Crippen molar-refractivity contribution in [2.75, 3.05) is 30.4 Å². The summed E-state index contributed by atoms with van der Waals surface area (Å²) in [5, 5.41) is 7.51. The summed E-state index contributed by atoms with van der Waals surface area (Å²) in [7, 11) is 3.38. The summed E-state index contributed by atoms with van der Waals surface area (Å²) in [5.74, 6) is 1.50. The molecule has 0 amide bonds. The van der Waals surface area contributed by atoms with Crippen molar-refractivity contribution in [2.24, 2.45) is 7.05 Å². The van der Waals surface area contributed by atoms with Crippen molar-refractivity contribution >= 4 is 28.6 Å². The SMILES string of the molecule is COc1nn(C)cc1Nc1nc(N2CCC(F)C2)nc2c1ncn2C(C)C. The maximum Gasteiger partial charge on any atom is 0.256 e. The molecule has 0 saturated carbocycles. The van der Waals surface area contributed by atoms with Gasteiger partial charge in [0.15, 0.2) is 17.0 Å². The maximum atomic E-state index is 13.7. The fraction of sp³-hybridized carbons (Fsp3) is 0.529. The first-order chi connectivity index (χ1) is 13.0. The summed E-state index contributed by atoms with van der Waals surface area (Å²) >= 11 is 0. The highest BCUT2D eigenvalue weighted by Crippen LogP contribution is 2.31. The van der Waals surface area contributed by atoms with Gasteiger partial charge in [0, 0.05) is 19.6 Å². The van der Waals surface area contributed by atoms with Gasteiger partial charge in [0.25, 0.3) is 5.88 Å². The lowest BCUT2D eigenvalue weighted by atomic mass is 10.3. The third-order valence-electron chi connectivity index (χ3n) is 4.62. The highest BCUT2D eigenvalue weighted by molar-refractivity contribution is 5.87. The zero-order chi connectivity index (χ0) is 19.1. The minimum Gasteiger partial charge on any atom is -0.478 e. The molecule has 1 fully saturated rings. The van der Waals surface area contributed by atoms with Crippen LogP contribution < -0.4 is 15.0 Å². The van der Waals surface area contributed by atoms with Gasteiger partial charge < -0.3 is 19.5 Å². The lowest BCUT2D eigenvalue weighted by Crippen LogP contribution is -2.23. The Morgan fingerprint density at radius 1 is 1.33 bits per heavy atom. The minimum absolute atomic E-state index is 0.186. The van der Waals surface area contributed by atoms with Crippen molar-refractivity contribution < 1.29 is 9.13 Å². The molecule has 0 aromatic carbocycles. The van der Waals surface area contributed by atoms with E-state index < -0.39 is 6.17 Å². The van der Waals surface area contributed by atoms with E-state index >= 15 is 0 Å². The lowest BCUT2D eigenvalue weighted by molar-refractivity contribution is 0.364. The van der Waals surface area contributed by atoms with Crippen molar-refractivity contribution in [1.82, 2.24) is 29.3 Å². The van der Waals surface area contributed by atoms with Crippen molar-refractivity contribution in [2.45, 2.75) is 32.5 Å². The number of aromatic nitrogens is 6. The third kappa shape index (κ3) is 3.15. The van der Waals surface area contributed by atoms with Crippen LogP contribution in [-0.4, -0.2) is 55.7 Å². The minimum atomic E-state index is -0.853. The maximum absolute atomic E-state index is 13.7. The predicted octanol–water partition coefficient (Wildman–Crippen LogP) is 2.44. The average Bonchev–Trinajstić information content (AvgIpc) is 3.32. The van der Waals surface area contributed by atoms with Crippen molar-refractivity contribution in [3.05, 3.63) is 12.5 Å². The summed E-state index contributed by atoms with van der Waals surface area (Å²) < 4.78 is 22.7. The molecular weight excluding hydrogens is 351 g/mol. The highest BCUT2D eigenvalue weighted by atomic mass is 19.1. The number of nitrogens with one attached hydrogen (secondary N) is 1. The number of aryl methyl sites for hydroxylation is 1. The third-order valence-corrected chi connectivity index (χ3v) is 4.62. The smallest absolute Gasteiger partial charge is 0.256 e. The van der Waals surface area contributed by atoms with E-state index in [1.807, 2.05) is 16.5 Å². The molecule has 4 rings (SSSR count). The first kappa shape index (κ1) is 17.5. The van der Waals surface area contributed by atoms with Gasteiger partial charge in [-0.1, -0.05) is 0 Å². The first-order valence-electron chi connectivity index (χ1n) is 8.94. The van der Waals surface area contributed by atoms with Gasteiger partial charge in [0.05, 0.1) is 26.2 Å². The zero-order valence-corrected chi connectivity index (χ0v) is 15.8. The van der Waals surface area contributed by atoms with E-state index in [2.05, 4.69) is 39.2 Å². The second-order valence-corrected chi connectivity index (χ2v) is 6.97. The molecule has 10 heteroatoms.